The lowest BCUT2D eigenvalue weighted by molar-refractivity contribution is 0.601. The molecule has 0 bridgehead atoms. The molecule has 3 aromatic rings. The molecule has 0 heterocycles. The largest absolute Gasteiger partial charge is 0.352 e. The molecule has 0 amide bonds. The standard InChI is InChI=1S/C22H25N3O2S.HI/c1-16-12-17(9-11-21(16)28(3,26)27)14-24-22(23-2)25-15-18-8-10-19-6-4-5-7-20(19)13-18;/h4-13H,14-15H2,1-3H3,(H2,23,24,25);1H. The zero-order valence-corrected chi connectivity index (χ0v) is 19.9. The van der Waals surface area contributed by atoms with Gasteiger partial charge in [-0.25, -0.2) is 8.42 Å². The predicted octanol–water partition coefficient (Wildman–Crippen LogP) is 4.03. The van der Waals surface area contributed by atoms with Crippen LogP contribution in [0.1, 0.15) is 16.7 Å². The van der Waals surface area contributed by atoms with Gasteiger partial charge in [0.05, 0.1) is 4.90 Å². The third kappa shape index (κ3) is 6.17. The molecular formula is C22H26IN3O2S. The molecular weight excluding hydrogens is 497 g/mol. The molecule has 3 rings (SSSR count). The van der Waals surface area contributed by atoms with Crippen LogP contribution in [0.2, 0.25) is 0 Å². The van der Waals surface area contributed by atoms with Crippen molar-refractivity contribution in [3.8, 4) is 0 Å². The summed E-state index contributed by atoms with van der Waals surface area (Å²) in [5.74, 6) is 0.693. The molecule has 0 atom stereocenters. The lowest BCUT2D eigenvalue weighted by atomic mass is 10.1. The summed E-state index contributed by atoms with van der Waals surface area (Å²) in [7, 11) is -1.47. The van der Waals surface area contributed by atoms with Crippen molar-refractivity contribution in [3.05, 3.63) is 77.4 Å². The third-order valence-corrected chi connectivity index (χ3v) is 5.85. The molecule has 0 spiro atoms. The average molecular weight is 523 g/mol. The lowest BCUT2D eigenvalue weighted by Gasteiger charge is -2.13. The Balaban J connectivity index is 0.00000300. The molecule has 0 saturated heterocycles. The van der Waals surface area contributed by atoms with E-state index in [0.717, 1.165) is 11.1 Å². The van der Waals surface area contributed by atoms with Crippen molar-refractivity contribution in [3.63, 3.8) is 0 Å². The van der Waals surface area contributed by atoms with E-state index in [1.165, 1.54) is 22.6 Å². The van der Waals surface area contributed by atoms with Crippen LogP contribution in [0.25, 0.3) is 10.8 Å². The van der Waals surface area contributed by atoms with E-state index in [1.54, 1.807) is 13.1 Å². The number of nitrogens with one attached hydrogen (secondary N) is 2. The number of rotatable bonds is 5. The van der Waals surface area contributed by atoms with Crippen LogP contribution < -0.4 is 10.6 Å². The maximum absolute atomic E-state index is 11.7. The number of sulfone groups is 1. The molecule has 0 radical (unpaired) electrons. The molecule has 0 fully saturated rings. The first-order chi connectivity index (χ1) is 13.4. The van der Waals surface area contributed by atoms with Gasteiger partial charge in [-0.15, -0.1) is 24.0 Å². The molecule has 0 unspecified atom stereocenters. The molecule has 3 aromatic carbocycles. The van der Waals surface area contributed by atoms with E-state index in [9.17, 15) is 8.42 Å². The first kappa shape index (κ1) is 23.2. The maximum atomic E-state index is 11.7. The first-order valence-electron chi connectivity index (χ1n) is 9.08. The van der Waals surface area contributed by atoms with Crippen LogP contribution in [0, 0.1) is 6.92 Å². The van der Waals surface area contributed by atoms with Crippen molar-refractivity contribution < 1.29 is 8.42 Å². The SMILES string of the molecule is CN=C(NCc1ccc(S(C)(=O)=O)c(C)c1)NCc1ccc2ccccc2c1.I. The molecule has 0 aliphatic rings. The number of aryl methyl sites for hydroxylation is 1. The van der Waals surface area contributed by atoms with Crippen LogP contribution in [0.15, 0.2) is 70.6 Å². The minimum atomic E-state index is -3.20. The van der Waals surface area contributed by atoms with Gasteiger partial charge in [-0.3, -0.25) is 4.99 Å². The number of halogens is 1. The van der Waals surface area contributed by atoms with E-state index in [0.29, 0.717) is 23.9 Å². The molecule has 0 aromatic heterocycles. The quantitative estimate of drug-likeness (QED) is 0.301. The van der Waals surface area contributed by atoms with E-state index in [1.807, 2.05) is 31.2 Å². The third-order valence-electron chi connectivity index (χ3n) is 4.60. The highest BCUT2D eigenvalue weighted by Gasteiger charge is 2.11. The van der Waals surface area contributed by atoms with Crippen molar-refractivity contribution in [1.29, 1.82) is 0 Å². The molecule has 0 saturated carbocycles. The number of fused-ring (bicyclic) bond motifs is 1. The predicted molar refractivity (Wildman–Crippen MR) is 131 cm³/mol. The van der Waals surface area contributed by atoms with Crippen LogP contribution in [0.5, 0.6) is 0 Å². The van der Waals surface area contributed by atoms with E-state index in [2.05, 4.69) is 46.0 Å². The summed E-state index contributed by atoms with van der Waals surface area (Å²) >= 11 is 0. The highest BCUT2D eigenvalue weighted by Crippen LogP contribution is 2.17. The Hall–Kier alpha value is -2.13. The summed E-state index contributed by atoms with van der Waals surface area (Å²) in [6.45, 7) is 3.03. The zero-order chi connectivity index (χ0) is 20.1. The second-order valence-electron chi connectivity index (χ2n) is 6.83. The molecule has 29 heavy (non-hydrogen) atoms. The summed E-state index contributed by atoms with van der Waals surface area (Å²) in [6, 6.07) is 20.1. The van der Waals surface area contributed by atoms with Gasteiger partial charge in [-0.05, 0) is 46.5 Å². The summed E-state index contributed by atoms with van der Waals surface area (Å²) < 4.78 is 23.5. The van der Waals surface area contributed by atoms with Gasteiger partial charge >= 0.3 is 0 Å². The van der Waals surface area contributed by atoms with Crippen LogP contribution in [0.4, 0.5) is 0 Å². The number of hydrogen-bond acceptors (Lipinski definition) is 3. The monoisotopic (exact) mass is 523 g/mol. The van der Waals surface area contributed by atoms with Gasteiger partial charge in [-0.1, -0.05) is 48.5 Å². The molecule has 7 heteroatoms. The molecule has 2 N–H and O–H groups in total. The minimum Gasteiger partial charge on any atom is -0.352 e. The Labute approximate surface area is 189 Å². The number of aliphatic imine (C=N–C) groups is 1. The van der Waals surface area contributed by atoms with Gasteiger partial charge in [0.15, 0.2) is 15.8 Å². The van der Waals surface area contributed by atoms with Gasteiger partial charge in [0, 0.05) is 26.4 Å². The summed E-state index contributed by atoms with van der Waals surface area (Å²) in [4.78, 5) is 4.63. The van der Waals surface area contributed by atoms with Crippen molar-refractivity contribution in [2.24, 2.45) is 4.99 Å². The van der Waals surface area contributed by atoms with Gasteiger partial charge < -0.3 is 10.6 Å². The first-order valence-corrected chi connectivity index (χ1v) is 11.0. The highest BCUT2D eigenvalue weighted by molar-refractivity contribution is 14.0. The van der Waals surface area contributed by atoms with Crippen LogP contribution in [0.3, 0.4) is 0 Å². The summed E-state index contributed by atoms with van der Waals surface area (Å²) in [6.07, 6.45) is 1.23. The fourth-order valence-electron chi connectivity index (χ4n) is 3.18. The van der Waals surface area contributed by atoms with E-state index in [4.69, 9.17) is 0 Å². The molecule has 0 aliphatic heterocycles. The zero-order valence-electron chi connectivity index (χ0n) is 16.8. The number of hydrogen-bond donors (Lipinski definition) is 2. The van der Waals surface area contributed by atoms with E-state index < -0.39 is 9.84 Å². The Bertz CT molecular complexity index is 1130. The summed E-state index contributed by atoms with van der Waals surface area (Å²) in [5.41, 5.74) is 2.93. The molecule has 5 nitrogen and oxygen atoms in total. The van der Waals surface area contributed by atoms with Crippen molar-refractivity contribution in [2.45, 2.75) is 24.9 Å². The van der Waals surface area contributed by atoms with Gasteiger partial charge in [0.2, 0.25) is 0 Å². The number of guanidine groups is 1. The molecule has 154 valence electrons. The van der Waals surface area contributed by atoms with Gasteiger partial charge in [-0.2, -0.15) is 0 Å². The van der Waals surface area contributed by atoms with Crippen molar-refractivity contribution in [2.75, 3.05) is 13.3 Å². The average Bonchev–Trinajstić information content (AvgIpc) is 2.67. The Kier molecular flexibility index (Phi) is 8.04. The fraction of sp³-hybridized carbons (Fsp3) is 0.227. The minimum absolute atomic E-state index is 0. The second-order valence-corrected chi connectivity index (χ2v) is 8.82. The van der Waals surface area contributed by atoms with Gasteiger partial charge in [0.25, 0.3) is 0 Å². The highest BCUT2D eigenvalue weighted by atomic mass is 127. The van der Waals surface area contributed by atoms with Gasteiger partial charge in [0.1, 0.15) is 0 Å². The topological polar surface area (TPSA) is 70.6 Å². The van der Waals surface area contributed by atoms with Crippen LogP contribution in [-0.4, -0.2) is 27.7 Å². The Morgan fingerprint density at radius 2 is 1.48 bits per heavy atom. The van der Waals surface area contributed by atoms with E-state index in [-0.39, 0.29) is 24.0 Å². The van der Waals surface area contributed by atoms with E-state index >= 15 is 0 Å². The normalized spacial score (nSPS) is 11.8. The maximum Gasteiger partial charge on any atom is 0.191 e. The van der Waals surface area contributed by atoms with Crippen LogP contribution >= 0.6 is 24.0 Å². The number of benzene rings is 3. The van der Waals surface area contributed by atoms with Crippen LogP contribution in [-0.2, 0) is 22.9 Å². The Morgan fingerprint density at radius 3 is 2.07 bits per heavy atom. The Morgan fingerprint density at radius 1 is 0.897 bits per heavy atom. The molecule has 0 aliphatic carbocycles. The second kappa shape index (κ2) is 10.1. The summed E-state index contributed by atoms with van der Waals surface area (Å²) in [5, 5.41) is 9.02. The smallest absolute Gasteiger partial charge is 0.191 e. The number of nitrogens with zero attached hydrogens (tertiary/aromatic N) is 1. The lowest BCUT2D eigenvalue weighted by Crippen LogP contribution is -2.36. The van der Waals surface area contributed by atoms with Crippen molar-refractivity contribution in [1.82, 2.24) is 10.6 Å². The van der Waals surface area contributed by atoms with Crippen molar-refractivity contribution >= 4 is 50.5 Å². The fourth-order valence-corrected chi connectivity index (χ4v) is 4.14.